The van der Waals surface area contributed by atoms with Crippen LogP contribution in [0.15, 0.2) is 84.9 Å². The Balaban J connectivity index is 1.38. The van der Waals surface area contributed by atoms with Crippen molar-refractivity contribution in [3.05, 3.63) is 119 Å². The van der Waals surface area contributed by atoms with Crippen LogP contribution in [-0.2, 0) is 19.3 Å². The number of benzene rings is 5. The highest BCUT2D eigenvalue weighted by atomic mass is 19.1. The first-order valence-corrected chi connectivity index (χ1v) is 12.8. The third-order valence-corrected chi connectivity index (χ3v) is 7.76. The summed E-state index contributed by atoms with van der Waals surface area (Å²) in [5.41, 5.74) is 5.44. The molecule has 0 fully saturated rings. The lowest BCUT2D eigenvalue weighted by Gasteiger charge is -2.14. The Labute approximate surface area is 214 Å². The van der Waals surface area contributed by atoms with E-state index in [1.54, 1.807) is 12.1 Å². The first kappa shape index (κ1) is 21.8. The van der Waals surface area contributed by atoms with Crippen LogP contribution in [0.25, 0.3) is 38.0 Å². The summed E-state index contributed by atoms with van der Waals surface area (Å²) < 4.78 is 16.5. The monoisotopic (exact) mass is 481 g/mol. The zero-order chi connectivity index (χ0) is 24.9. The second-order valence-electron chi connectivity index (χ2n) is 9.95. The molecule has 1 aromatic heterocycles. The smallest absolute Gasteiger partial charge is 0.143 e. The Bertz CT molecular complexity index is 1890. The van der Waals surface area contributed by atoms with Crippen LogP contribution >= 0.6 is 0 Å². The average Bonchev–Trinajstić information content (AvgIpc) is 3.31. The largest absolute Gasteiger partial charge is 0.237 e. The number of hydrogen-bond donors (Lipinski definition) is 0. The van der Waals surface area contributed by atoms with Gasteiger partial charge in [0.15, 0.2) is 0 Å². The van der Waals surface area contributed by atoms with Crippen LogP contribution in [0, 0.1) is 17.1 Å². The van der Waals surface area contributed by atoms with Crippen molar-refractivity contribution < 1.29 is 4.39 Å². The molecule has 0 atom stereocenters. The molecule has 0 amide bonds. The summed E-state index contributed by atoms with van der Waals surface area (Å²) in [6.45, 7) is 0. The molecule has 0 aliphatic heterocycles. The van der Waals surface area contributed by atoms with Crippen molar-refractivity contribution in [2.75, 3.05) is 0 Å². The molecule has 5 aromatic carbocycles. The van der Waals surface area contributed by atoms with Gasteiger partial charge in [0.05, 0.1) is 22.6 Å². The average molecular weight is 482 g/mol. The highest BCUT2D eigenvalue weighted by molar-refractivity contribution is 6.17. The van der Waals surface area contributed by atoms with Gasteiger partial charge in [-0.15, -0.1) is 0 Å². The van der Waals surface area contributed by atoms with Gasteiger partial charge >= 0.3 is 0 Å². The van der Waals surface area contributed by atoms with Gasteiger partial charge in [-0.25, -0.2) is 9.07 Å². The third kappa shape index (κ3) is 3.58. The molecule has 1 aliphatic rings. The number of aryl methyl sites for hydroxylation is 1. The van der Waals surface area contributed by atoms with E-state index in [9.17, 15) is 4.39 Å². The lowest BCUT2D eigenvalue weighted by Crippen LogP contribution is -2.06. The predicted molar refractivity (Wildman–Crippen MR) is 147 cm³/mol. The van der Waals surface area contributed by atoms with Crippen LogP contribution in [0.4, 0.5) is 4.39 Å². The highest BCUT2D eigenvalue weighted by Gasteiger charge is 2.22. The second-order valence-corrected chi connectivity index (χ2v) is 9.95. The topological polar surface area (TPSA) is 41.6 Å². The molecule has 4 heteroatoms. The zero-order valence-electron chi connectivity index (χ0n) is 20.3. The van der Waals surface area contributed by atoms with E-state index in [-0.39, 0.29) is 5.56 Å². The lowest BCUT2D eigenvalue weighted by atomic mass is 9.92. The minimum Gasteiger partial charge on any atom is -0.237 e. The maximum Gasteiger partial charge on any atom is 0.143 e. The third-order valence-electron chi connectivity index (χ3n) is 7.76. The molecule has 0 N–H and O–H groups in total. The van der Waals surface area contributed by atoms with Crippen LogP contribution in [-0.4, -0.2) is 9.78 Å². The molecule has 0 radical (unpaired) electrons. The lowest BCUT2D eigenvalue weighted by molar-refractivity contribution is 0.620. The number of aromatic nitrogens is 2. The summed E-state index contributed by atoms with van der Waals surface area (Å²) in [5, 5.41) is 21.6. The molecule has 1 aliphatic carbocycles. The Hall–Kier alpha value is -4.49. The van der Waals surface area contributed by atoms with Crippen molar-refractivity contribution in [2.45, 2.75) is 32.1 Å². The summed E-state index contributed by atoms with van der Waals surface area (Å²) in [5.74, 6) is -0.510. The van der Waals surface area contributed by atoms with Crippen LogP contribution in [0.5, 0.6) is 0 Å². The molecule has 6 aromatic rings. The minimum absolute atomic E-state index is 0.0520. The Kier molecular flexibility index (Phi) is 5.04. The van der Waals surface area contributed by atoms with Gasteiger partial charge in [0.25, 0.3) is 0 Å². The van der Waals surface area contributed by atoms with E-state index in [2.05, 4.69) is 66.7 Å². The van der Waals surface area contributed by atoms with Crippen molar-refractivity contribution >= 4 is 32.3 Å². The number of hydrogen-bond acceptors (Lipinski definition) is 2. The molecular weight excluding hydrogens is 457 g/mol. The molecule has 0 saturated carbocycles. The number of nitrogens with zero attached hydrogens (tertiary/aromatic N) is 3. The van der Waals surface area contributed by atoms with E-state index < -0.39 is 5.82 Å². The van der Waals surface area contributed by atoms with Crippen LogP contribution in [0.1, 0.15) is 40.9 Å². The van der Waals surface area contributed by atoms with Crippen LogP contribution in [0.3, 0.4) is 0 Å². The summed E-state index contributed by atoms with van der Waals surface area (Å²) in [4.78, 5) is 0. The fourth-order valence-electron chi connectivity index (χ4n) is 5.91. The standard InChI is InChI=1S/C33H24FN3/c34-31-19-25(14-11-24(31)20-35)37-33(29-7-3-4-8-32(29)36-37)18-21-9-10-23-13-15-27-26-6-2-1-5-22(26)12-16-28(27)30(23)17-21/h1-2,5-6,9-17,19H,3-4,7-8,18H2. The molecule has 0 spiro atoms. The van der Waals surface area contributed by atoms with Crippen molar-refractivity contribution in [3.63, 3.8) is 0 Å². The Morgan fingerprint density at radius 3 is 2.38 bits per heavy atom. The number of nitriles is 1. The zero-order valence-corrected chi connectivity index (χ0v) is 20.3. The van der Waals surface area contributed by atoms with E-state index in [1.807, 2.05) is 10.8 Å². The van der Waals surface area contributed by atoms with Gasteiger partial charge in [0.2, 0.25) is 0 Å². The van der Waals surface area contributed by atoms with Gasteiger partial charge in [-0.3, -0.25) is 0 Å². The maximum absolute atomic E-state index is 14.5. The molecular formula is C33H24FN3. The van der Waals surface area contributed by atoms with E-state index in [0.29, 0.717) is 12.1 Å². The van der Waals surface area contributed by atoms with Gasteiger partial charge in [-0.1, -0.05) is 66.7 Å². The number of fused-ring (bicyclic) bond motifs is 6. The number of halogens is 1. The Morgan fingerprint density at radius 2 is 1.54 bits per heavy atom. The van der Waals surface area contributed by atoms with E-state index >= 15 is 0 Å². The summed E-state index contributed by atoms with van der Waals surface area (Å²) >= 11 is 0. The van der Waals surface area contributed by atoms with Crippen molar-refractivity contribution in [3.8, 4) is 11.8 Å². The van der Waals surface area contributed by atoms with Crippen LogP contribution in [0.2, 0.25) is 0 Å². The normalized spacial score (nSPS) is 13.2. The molecule has 0 bridgehead atoms. The van der Waals surface area contributed by atoms with E-state index in [4.69, 9.17) is 10.4 Å². The molecule has 178 valence electrons. The molecule has 3 nitrogen and oxygen atoms in total. The number of rotatable bonds is 3. The van der Waals surface area contributed by atoms with Crippen molar-refractivity contribution in [1.29, 1.82) is 5.26 Å². The van der Waals surface area contributed by atoms with Gasteiger partial charge in [0, 0.05) is 12.5 Å². The van der Waals surface area contributed by atoms with Gasteiger partial charge in [0.1, 0.15) is 11.9 Å². The second kappa shape index (κ2) is 8.57. The van der Waals surface area contributed by atoms with E-state index in [0.717, 1.165) is 37.1 Å². The molecule has 1 heterocycles. The quantitative estimate of drug-likeness (QED) is 0.242. The van der Waals surface area contributed by atoms with Crippen molar-refractivity contribution in [1.82, 2.24) is 9.78 Å². The summed E-state index contributed by atoms with van der Waals surface area (Å²) in [7, 11) is 0. The van der Waals surface area contributed by atoms with Gasteiger partial charge < -0.3 is 0 Å². The minimum atomic E-state index is -0.510. The van der Waals surface area contributed by atoms with Gasteiger partial charge in [-0.2, -0.15) is 10.4 Å². The summed E-state index contributed by atoms with van der Waals surface area (Å²) in [6, 6.07) is 30.8. The fraction of sp³-hybridized carbons (Fsp3) is 0.152. The Morgan fingerprint density at radius 1 is 0.784 bits per heavy atom. The first-order valence-electron chi connectivity index (χ1n) is 12.8. The maximum atomic E-state index is 14.5. The van der Waals surface area contributed by atoms with Crippen LogP contribution < -0.4 is 0 Å². The summed E-state index contributed by atoms with van der Waals surface area (Å²) in [6.07, 6.45) is 4.92. The molecule has 7 rings (SSSR count). The fourth-order valence-corrected chi connectivity index (χ4v) is 5.91. The molecule has 37 heavy (non-hydrogen) atoms. The van der Waals surface area contributed by atoms with Gasteiger partial charge in [-0.05, 0) is 81.3 Å². The van der Waals surface area contributed by atoms with Crippen molar-refractivity contribution in [2.24, 2.45) is 0 Å². The SMILES string of the molecule is N#Cc1ccc(-n2nc3c(c2Cc2ccc4ccc5c6ccccc6ccc5c4c2)CCCC3)cc1F. The van der Waals surface area contributed by atoms with E-state index in [1.165, 1.54) is 49.5 Å². The first-order chi connectivity index (χ1) is 18.2. The molecule has 0 saturated heterocycles. The molecule has 0 unspecified atom stereocenters. The predicted octanol–water partition coefficient (Wildman–Crippen LogP) is 7.81. The highest BCUT2D eigenvalue weighted by Crippen LogP contribution is 2.33.